The molecule has 1 amide bonds. The van der Waals surface area contributed by atoms with Gasteiger partial charge in [-0.3, -0.25) is 0 Å². The molecule has 162 valence electrons. The van der Waals surface area contributed by atoms with Gasteiger partial charge >= 0.3 is 6.09 Å². The summed E-state index contributed by atoms with van der Waals surface area (Å²) in [5, 5.41) is 5.14. The number of alkyl carbamates (subject to hydrolysis) is 1. The molecule has 3 heterocycles. The number of hydrogen-bond acceptors (Lipinski definition) is 7. The Bertz CT molecular complexity index is 921. The molecular formula is C22H31N5O3. The molecule has 0 bridgehead atoms. The number of anilines is 3. The fraction of sp³-hybridized carbons (Fsp3) is 0.545. The maximum atomic E-state index is 12.2. The Balaban J connectivity index is 1.57. The van der Waals surface area contributed by atoms with Gasteiger partial charge in [-0.25, -0.2) is 9.78 Å². The maximum Gasteiger partial charge on any atom is 0.407 e. The number of amides is 1. The second-order valence-electron chi connectivity index (χ2n) is 8.96. The minimum Gasteiger partial charge on any atom is -0.444 e. The van der Waals surface area contributed by atoms with E-state index in [9.17, 15) is 4.79 Å². The van der Waals surface area contributed by atoms with Crippen molar-refractivity contribution in [3.05, 3.63) is 24.3 Å². The van der Waals surface area contributed by atoms with Crippen molar-refractivity contribution in [2.75, 3.05) is 54.9 Å². The van der Waals surface area contributed by atoms with Gasteiger partial charge in [0.05, 0.1) is 19.3 Å². The highest BCUT2D eigenvalue weighted by atomic mass is 16.6. The lowest BCUT2D eigenvalue weighted by atomic mass is 10.1. The van der Waals surface area contributed by atoms with E-state index in [0.717, 1.165) is 54.2 Å². The van der Waals surface area contributed by atoms with Gasteiger partial charge in [0.15, 0.2) is 0 Å². The van der Waals surface area contributed by atoms with E-state index in [1.165, 1.54) is 0 Å². The van der Waals surface area contributed by atoms with E-state index in [-0.39, 0.29) is 12.1 Å². The van der Waals surface area contributed by atoms with Crippen LogP contribution in [-0.4, -0.2) is 62.1 Å². The van der Waals surface area contributed by atoms with Gasteiger partial charge in [0.1, 0.15) is 17.2 Å². The molecule has 8 nitrogen and oxygen atoms in total. The third kappa shape index (κ3) is 4.70. The number of hydrogen-bond donors (Lipinski definition) is 2. The quantitative estimate of drug-likeness (QED) is 0.748. The summed E-state index contributed by atoms with van der Waals surface area (Å²) >= 11 is 0. The number of aromatic nitrogens is 1. The van der Waals surface area contributed by atoms with E-state index in [1.807, 2.05) is 39.0 Å². The van der Waals surface area contributed by atoms with Crippen LogP contribution >= 0.6 is 0 Å². The maximum absolute atomic E-state index is 12.2. The SMILES string of the molecule is CC(C)(C)OC(=O)N[C@@H]1CCN(c2nc(N3CCOCC3)cc3cc(N)ccc23)C1. The lowest BCUT2D eigenvalue weighted by Crippen LogP contribution is -2.40. The van der Waals surface area contributed by atoms with Gasteiger partial charge in [0, 0.05) is 37.3 Å². The Morgan fingerprint density at radius 1 is 1.20 bits per heavy atom. The van der Waals surface area contributed by atoms with Gasteiger partial charge in [0.2, 0.25) is 0 Å². The molecule has 0 spiro atoms. The van der Waals surface area contributed by atoms with Gasteiger partial charge in [-0.15, -0.1) is 0 Å². The average molecular weight is 414 g/mol. The molecule has 2 fully saturated rings. The van der Waals surface area contributed by atoms with Crippen LogP contribution in [0.5, 0.6) is 0 Å². The average Bonchev–Trinajstić information content (AvgIpc) is 3.14. The number of carbonyl (C=O) groups is 1. The summed E-state index contributed by atoms with van der Waals surface area (Å²) in [4.78, 5) is 21.7. The first kappa shape index (κ1) is 20.5. The Morgan fingerprint density at radius 2 is 1.97 bits per heavy atom. The second kappa shape index (κ2) is 8.18. The van der Waals surface area contributed by atoms with Crippen molar-refractivity contribution in [1.82, 2.24) is 10.3 Å². The fourth-order valence-corrected chi connectivity index (χ4v) is 3.98. The van der Waals surface area contributed by atoms with E-state index >= 15 is 0 Å². The number of carbonyl (C=O) groups excluding carboxylic acids is 1. The highest BCUT2D eigenvalue weighted by Crippen LogP contribution is 2.32. The van der Waals surface area contributed by atoms with E-state index < -0.39 is 5.60 Å². The zero-order valence-electron chi connectivity index (χ0n) is 18.0. The molecule has 2 saturated heterocycles. The molecule has 30 heavy (non-hydrogen) atoms. The summed E-state index contributed by atoms with van der Waals surface area (Å²) in [6.45, 7) is 10.2. The van der Waals surface area contributed by atoms with Crippen molar-refractivity contribution < 1.29 is 14.3 Å². The molecule has 4 rings (SSSR count). The van der Waals surface area contributed by atoms with Gasteiger partial charge in [-0.2, -0.15) is 0 Å². The van der Waals surface area contributed by atoms with Gasteiger partial charge in [-0.05, 0) is 56.8 Å². The third-order valence-electron chi connectivity index (χ3n) is 5.37. The van der Waals surface area contributed by atoms with Crippen LogP contribution in [0.25, 0.3) is 10.8 Å². The van der Waals surface area contributed by atoms with Crippen molar-refractivity contribution in [3.8, 4) is 0 Å². The number of morpholine rings is 1. The van der Waals surface area contributed by atoms with Crippen LogP contribution in [0.15, 0.2) is 24.3 Å². The molecule has 1 atom stereocenters. The Morgan fingerprint density at radius 3 is 2.70 bits per heavy atom. The number of nitrogens with zero attached hydrogens (tertiary/aromatic N) is 3. The van der Waals surface area contributed by atoms with Crippen molar-refractivity contribution in [3.63, 3.8) is 0 Å². The number of benzene rings is 1. The van der Waals surface area contributed by atoms with Crippen molar-refractivity contribution in [2.45, 2.75) is 38.8 Å². The highest BCUT2D eigenvalue weighted by molar-refractivity contribution is 5.96. The number of nitrogen functional groups attached to an aromatic ring is 1. The lowest BCUT2D eigenvalue weighted by molar-refractivity contribution is 0.0509. The first-order chi connectivity index (χ1) is 14.3. The summed E-state index contributed by atoms with van der Waals surface area (Å²) in [7, 11) is 0. The van der Waals surface area contributed by atoms with Gasteiger partial charge < -0.3 is 30.3 Å². The molecule has 1 aromatic carbocycles. The van der Waals surface area contributed by atoms with E-state index in [1.54, 1.807) is 0 Å². The Labute approximate surface area is 177 Å². The summed E-state index contributed by atoms with van der Waals surface area (Å²) < 4.78 is 10.9. The second-order valence-corrected chi connectivity index (χ2v) is 8.96. The number of pyridine rings is 1. The molecular weight excluding hydrogens is 382 g/mol. The minimum atomic E-state index is -0.507. The topological polar surface area (TPSA) is 93.0 Å². The normalized spacial score (nSPS) is 19.9. The van der Waals surface area contributed by atoms with Crippen LogP contribution in [0.1, 0.15) is 27.2 Å². The summed E-state index contributed by atoms with van der Waals surface area (Å²) in [5.41, 5.74) is 6.28. The number of fused-ring (bicyclic) bond motifs is 1. The molecule has 0 unspecified atom stereocenters. The predicted molar refractivity (Wildman–Crippen MR) is 119 cm³/mol. The standard InChI is InChI=1S/C22H31N5O3/c1-22(2,3)30-21(28)24-17-6-7-27(14-17)20-18-5-4-16(23)12-15(18)13-19(25-20)26-8-10-29-11-9-26/h4-5,12-13,17H,6-11,14,23H2,1-3H3,(H,24,28)/t17-/m1/s1. The van der Waals surface area contributed by atoms with Crippen LogP contribution in [0.2, 0.25) is 0 Å². The zero-order chi connectivity index (χ0) is 21.3. The van der Waals surface area contributed by atoms with Gasteiger partial charge in [0.25, 0.3) is 0 Å². The smallest absolute Gasteiger partial charge is 0.407 e. The number of ether oxygens (including phenoxy) is 2. The zero-order valence-corrected chi connectivity index (χ0v) is 18.0. The largest absolute Gasteiger partial charge is 0.444 e. The van der Waals surface area contributed by atoms with Crippen LogP contribution in [0.3, 0.4) is 0 Å². The van der Waals surface area contributed by atoms with Crippen molar-refractivity contribution in [2.24, 2.45) is 0 Å². The van der Waals surface area contributed by atoms with Crippen molar-refractivity contribution in [1.29, 1.82) is 0 Å². The van der Waals surface area contributed by atoms with E-state index in [2.05, 4.69) is 21.2 Å². The molecule has 2 aliphatic rings. The molecule has 0 aliphatic carbocycles. The molecule has 8 heteroatoms. The minimum absolute atomic E-state index is 0.0255. The lowest BCUT2D eigenvalue weighted by Gasteiger charge is -2.29. The number of nitrogens with two attached hydrogens (primary N) is 1. The van der Waals surface area contributed by atoms with Gasteiger partial charge in [-0.1, -0.05) is 0 Å². The third-order valence-corrected chi connectivity index (χ3v) is 5.37. The van der Waals surface area contributed by atoms with Crippen LogP contribution in [0, 0.1) is 0 Å². The number of rotatable bonds is 3. The molecule has 0 saturated carbocycles. The van der Waals surface area contributed by atoms with Crippen LogP contribution in [0.4, 0.5) is 22.1 Å². The first-order valence-electron chi connectivity index (χ1n) is 10.6. The summed E-state index contributed by atoms with van der Waals surface area (Å²) in [5.74, 6) is 1.87. The fourth-order valence-electron chi connectivity index (χ4n) is 3.98. The number of nitrogens with one attached hydrogen (secondary N) is 1. The summed E-state index contributed by atoms with van der Waals surface area (Å²) in [6, 6.07) is 8.07. The van der Waals surface area contributed by atoms with Crippen LogP contribution in [-0.2, 0) is 9.47 Å². The molecule has 0 radical (unpaired) electrons. The Hall–Kier alpha value is -2.74. The Kier molecular flexibility index (Phi) is 5.60. The predicted octanol–water partition coefficient (Wildman–Crippen LogP) is 2.76. The van der Waals surface area contributed by atoms with Crippen LogP contribution < -0.4 is 20.9 Å². The van der Waals surface area contributed by atoms with E-state index in [4.69, 9.17) is 20.2 Å². The summed E-state index contributed by atoms with van der Waals surface area (Å²) in [6.07, 6.45) is 0.473. The van der Waals surface area contributed by atoms with Crippen molar-refractivity contribution >= 4 is 34.2 Å². The van der Waals surface area contributed by atoms with E-state index in [0.29, 0.717) is 19.8 Å². The molecule has 1 aromatic heterocycles. The molecule has 3 N–H and O–H groups in total. The monoisotopic (exact) mass is 413 g/mol. The first-order valence-corrected chi connectivity index (χ1v) is 10.6. The molecule has 2 aromatic rings. The molecule has 2 aliphatic heterocycles. The highest BCUT2D eigenvalue weighted by Gasteiger charge is 2.28.